The molecule has 1 aromatic carbocycles. The van der Waals surface area contributed by atoms with Crippen LogP contribution in [0.1, 0.15) is 26.4 Å². The highest BCUT2D eigenvalue weighted by molar-refractivity contribution is 9.11. The monoisotopic (exact) mass is 368 g/mol. The summed E-state index contributed by atoms with van der Waals surface area (Å²) >= 11 is 4.85. The van der Waals surface area contributed by atoms with Gasteiger partial charge in [0.2, 0.25) is 0 Å². The Morgan fingerprint density at radius 2 is 2.29 bits per heavy atom. The van der Waals surface area contributed by atoms with E-state index in [1.165, 1.54) is 11.3 Å². The first kappa shape index (κ1) is 14.7. The van der Waals surface area contributed by atoms with Gasteiger partial charge in [0.05, 0.1) is 15.0 Å². The molecule has 0 fully saturated rings. The van der Waals surface area contributed by atoms with Crippen LogP contribution < -0.4 is 10.6 Å². The van der Waals surface area contributed by atoms with Gasteiger partial charge in [-0.25, -0.2) is 4.39 Å². The van der Waals surface area contributed by atoms with Gasteiger partial charge in [0.1, 0.15) is 5.82 Å². The summed E-state index contributed by atoms with van der Waals surface area (Å²) in [6.45, 7) is 3.37. The van der Waals surface area contributed by atoms with E-state index < -0.39 is 0 Å². The molecule has 3 rings (SSSR count). The van der Waals surface area contributed by atoms with Gasteiger partial charge in [0.15, 0.2) is 0 Å². The van der Waals surface area contributed by atoms with E-state index in [-0.39, 0.29) is 17.4 Å². The molecule has 110 valence electrons. The van der Waals surface area contributed by atoms with E-state index in [9.17, 15) is 9.18 Å². The molecule has 1 aliphatic heterocycles. The lowest BCUT2D eigenvalue weighted by molar-refractivity contribution is 0.102. The molecule has 1 aliphatic rings. The van der Waals surface area contributed by atoms with Crippen molar-refractivity contribution in [2.24, 2.45) is 0 Å². The molecule has 2 aromatic rings. The minimum absolute atomic E-state index is 0.247. The highest BCUT2D eigenvalue weighted by Gasteiger charge is 2.19. The van der Waals surface area contributed by atoms with E-state index in [4.69, 9.17) is 0 Å². The van der Waals surface area contributed by atoms with Crippen molar-refractivity contribution in [2.75, 3.05) is 11.9 Å². The molecule has 0 bridgehead atoms. The molecule has 0 radical (unpaired) electrons. The highest BCUT2D eigenvalue weighted by Crippen LogP contribution is 2.29. The van der Waals surface area contributed by atoms with Crippen LogP contribution >= 0.6 is 27.3 Å². The van der Waals surface area contributed by atoms with Crippen LogP contribution in [0.25, 0.3) is 0 Å². The molecule has 0 saturated carbocycles. The van der Waals surface area contributed by atoms with Crippen LogP contribution in [-0.2, 0) is 13.0 Å². The number of fused-ring (bicyclic) bond motifs is 1. The van der Waals surface area contributed by atoms with Gasteiger partial charge in [-0.2, -0.15) is 0 Å². The van der Waals surface area contributed by atoms with Crippen molar-refractivity contribution in [3.8, 4) is 0 Å². The molecule has 1 amide bonds. The summed E-state index contributed by atoms with van der Waals surface area (Å²) in [6, 6.07) is 5.30. The number of nitrogens with one attached hydrogen (secondary N) is 2. The highest BCUT2D eigenvalue weighted by atomic mass is 79.9. The number of anilines is 1. The molecule has 0 unspecified atom stereocenters. The first-order valence-electron chi connectivity index (χ1n) is 6.64. The Morgan fingerprint density at radius 3 is 3.00 bits per heavy atom. The normalized spacial score (nSPS) is 13.9. The smallest absolute Gasteiger partial charge is 0.257 e. The van der Waals surface area contributed by atoms with E-state index in [0.29, 0.717) is 24.1 Å². The zero-order valence-electron chi connectivity index (χ0n) is 11.4. The Balaban J connectivity index is 1.88. The fraction of sp³-hybridized carbons (Fsp3) is 0.267. The molecule has 3 nitrogen and oxygen atoms in total. The molecular formula is C15H14BrFN2OS. The third-order valence-electron chi connectivity index (χ3n) is 3.51. The quantitative estimate of drug-likeness (QED) is 0.844. The number of rotatable bonds is 2. The molecule has 0 aliphatic carbocycles. The predicted molar refractivity (Wildman–Crippen MR) is 86.5 cm³/mol. The molecule has 2 N–H and O–H groups in total. The molecule has 0 atom stereocenters. The standard InChI is InChI=1S/C15H14BrFN2OS/c1-8-6-11(14(16)21-8)15(20)19-12-3-2-9-7-18-5-4-10(9)13(12)17/h2-3,6,18H,4-5,7H2,1H3,(H,19,20). The third-order valence-corrected chi connectivity index (χ3v) is 5.26. The molecule has 6 heteroatoms. The average molecular weight is 369 g/mol. The minimum Gasteiger partial charge on any atom is -0.319 e. The van der Waals surface area contributed by atoms with Crippen molar-refractivity contribution in [1.29, 1.82) is 0 Å². The Hall–Kier alpha value is -1.24. The summed E-state index contributed by atoms with van der Waals surface area (Å²) in [6.07, 6.45) is 0.645. The Bertz CT molecular complexity index is 714. The number of amides is 1. The maximum atomic E-state index is 14.5. The van der Waals surface area contributed by atoms with Gasteiger partial charge in [-0.15, -0.1) is 11.3 Å². The van der Waals surface area contributed by atoms with Crippen molar-refractivity contribution in [1.82, 2.24) is 5.32 Å². The second kappa shape index (κ2) is 5.87. The molecule has 0 spiro atoms. The second-order valence-electron chi connectivity index (χ2n) is 4.99. The maximum Gasteiger partial charge on any atom is 0.257 e. The second-order valence-corrected chi connectivity index (χ2v) is 7.56. The van der Waals surface area contributed by atoms with Crippen LogP contribution in [0.5, 0.6) is 0 Å². The number of carbonyl (C=O) groups is 1. The zero-order valence-corrected chi connectivity index (χ0v) is 13.8. The number of carbonyl (C=O) groups excluding carboxylic acids is 1. The van der Waals surface area contributed by atoms with Gasteiger partial charge in [0, 0.05) is 11.4 Å². The van der Waals surface area contributed by atoms with Gasteiger partial charge in [-0.1, -0.05) is 6.07 Å². The van der Waals surface area contributed by atoms with Crippen molar-refractivity contribution in [2.45, 2.75) is 19.9 Å². The van der Waals surface area contributed by atoms with Crippen LogP contribution in [-0.4, -0.2) is 12.5 Å². The topological polar surface area (TPSA) is 41.1 Å². The largest absolute Gasteiger partial charge is 0.319 e. The number of halogens is 2. The third kappa shape index (κ3) is 2.88. The molecule has 0 saturated heterocycles. The maximum absolute atomic E-state index is 14.5. The van der Waals surface area contributed by atoms with Crippen LogP contribution in [0.3, 0.4) is 0 Å². The van der Waals surface area contributed by atoms with E-state index in [0.717, 1.165) is 20.8 Å². The Labute approximate surface area is 134 Å². The summed E-state index contributed by atoms with van der Waals surface area (Å²) in [5.74, 6) is -0.607. The number of benzene rings is 1. The summed E-state index contributed by atoms with van der Waals surface area (Å²) in [4.78, 5) is 13.3. The summed E-state index contributed by atoms with van der Waals surface area (Å²) in [7, 11) is 0. The lowest BCUT2D eigenvalue weighted by Gasteiger charge is -2.19. The number of thiophene rings is 1. The van der Waals surface area contributed by atoms with Crippen molar-refractivity contribution < 1.29 is 9.18 Å². The van der Waals surface area contributed by atoms with Gasteiger partial charge in [0.25, 0.3) is 5.91 Å². The number of aryl methyl sites for hydroxylation is 1. The van der Waals surface area contributed by atoms with Crippen LogP contribution in [0.15, 0.2) is 22.0 Å². The lowest BCUT2D eigenvalue weighted by atomic mass is 9.99. The summed E-state index contributed by atoms with van der Waals surface area (Å²) in [5, 5.41) is 5.88. The van der Waals surface area contributed by atoms with E-state index >= 15 is 0 Å². The van der Waals surface area contributed by atoms with Crippen molar-refractivity contribution >= 4 is 38.9 Å². The van der Waals surface area contributed by atoms with Crippen molar-refractivity contribution in [3.05, 3.63) is 49.4 Å². The van der Waals surface area contributed by atoms with Gasteiger partial charge in [-0.05, 0) is 59.1 Å². The van der Waals surface area contributed by atoms with E-state index in [1.54, 1.807) is 12.1 Å². The fourth-order valence-electron chi connectivity index (χ4n) is 2.46. The van der Waals surface area contributed by atoms with Crippen LogP contribution in [0, 0.1) is 12.7 Å². The Morgan fingerprint density at radius 1 is 1.48 bits per heavy atom. The SMILES string of the molecule is Cc1cc(C(=O)Nc2ccc3c(c2F)CCNC3)c(Br)s1. The van der Waals surface area contributed by atoms with Crippen molar-refractivity contribution in [3.63, 3.8) is 0 Å². The molecule has 2 heterocycles. The summed E-state index contributed by atoms with van der Waals surface area (Å²) in [5.41, 5.74) is 2.45. The van der Waals surface area contributed by atoms with Crippen LogP contribution in [0.2, 0.25) is 0 Å². The molecular weight excluding hydrogens is 355 g/mol. The first-order chi connectivity index (χ1) is 10.1. The fourth-order valence-corrected chi connectivity index (χ4v) is 4.24. The number of hydrogen-bond acceptors (Lipinski definition) is 3. The molecule has 21 heavy (non-hydrogen) atoms. The van der Waals surface area contributed by atoms with Crippen LogP contribution in [0.4, 0.5) is 10.1 Å². The minimum atomic E-state index is -0.314. The van der Waals surface area contributed by atoms with Gasteiger partial charge in [-0.3, -0.25) is 4.79 Å². The van der Waals surface area contributed by atoms with Gasteiger partial charge >= 0.3 is 0 Å². The van der Waals surface area contributed by atoms with E-state index in [1.807, 2.05) is 13.0 Å². The molecule has 1 aromatic heterocycles. The first-order valence-corrected chi connectivity index (χ1v) is 8.25. The number of hydrogen-bond donors (Lipinski definition) is 2. The predicted octanol–water partition coefficient (Wildman–Crippen LogP) is 3.86. The zero-order chi connectivity index (χ0) is 15.0. The average Bonchev–Trinajstić information content (AvgIpc) is 2.81. The summed E-state index contributed by atoms with van der Waals surface area (Å²) < 4.78 is 15.2. The van der Waals surface area contributed by atoms with Gasteiger partial charge < -0.3 is 10.6 Å². The van der Waals surface area contributed by atoms with E-state index in [2.05, 4.69) is 26.6 Å². The Kier molecular flexibility index (Phi) is 4.10. The lowest BCUT2D eigenvalue weighted by Crippen LogP contribution is -2.25.